The van der Waals surface area contributed by atoms with Gasteiger partial charge in [0.15, 0.2) is 0 Å². The Morgan fingerprint density at radius 3 is 2.52 bits per heavy atom. The Labute approximate surface area is 126 Å². The van der Waals surface area contributed by atoms with Crippen LogP contribution in [0.5, 0.6) is 0 Å². The van der Waals surface area contributed by atoms with Crippen molar-refractivity contribution >= 4 is 11.9 Å². The summed E-state index contributed by atoms with van der Waals surface area (Å²) in [6.07, 6.45) is 0.402. The molecule has 0 saturated carbocycles. The van der Waals surface area contributed by atoms with Gasteiger partial charge in [-0.25, -0.2) is 0 Å². The van der Waals surface area contributed by atoms with Crippen molar-refractivity contribution in [1.82, 2.24) is 4.90 Å². The molecule has 21 heavy (non-hydrogen) atoms. The van der Waals surface area contributed by atoms with Gasteiger partial charge in [-0.3, -0.25) is 9.59 Å². The third-order valence-corrected chi connectivity index (χ3v) is 4.64. The second-order valence-corrected chi connectivity index (χ2v) is 6.25. The lowest BCUT2D eigenvalue weighted by Crippen LogP contribution is -2.36. The average molecular weight is 289 g/mol. The quantitative estimate of drug-likeness (QED) is 0.801. The molecule has 2 atom stereocenters. The molecule has 1 amide bonds. The average Bonchev–Trinajstić information content (AvgIpc) is 2.89. The number of ether oxygens (including phenoxy) is 1. The highest BCUT2D eigenvalue weighted by atomic mass is 16.5. The van der Waals surface area contributed by atoms with Crippen LogP contribution in [0.15, 0.2) is 30.3 Å². The van der Waals surface area contributed by atoms with Gasteiger partial charge in [-0.05, 0) is 26.3 Å². The molecule has 0 spiro atoms. The van der Waals surface area contributed by atoms with E-state index < -0.39 is 5.41 Å². The van der Waals surface area contributed by atoms with E-state index in [1.54, 1.807) is 0 Å². The fourth-order valence-electron chi connectivity index (χ4n) is 2.93. The number of hydrogen-bond donors (Lipinski definition) is 0. The molecule has 1 aliphatic rings. The van der Waals surface area contributed by atoms with Gasteiger partial charge in [0, 0.05) is 18.9 Å². The van der Waals surface area contributed by atoms with E-state index in [-0.39, 0.29) is 23.8 Å². The molecule has 0 aromatic heterocycles. The predicted molar refractivity (Wildman–Crippen MR) is 80.5 cm³/mol. The molecule has 1 heterocycles. The van der Waals surface area contributed by atoms with Crippen LogP contribution in [0.1, 0.15) is 38.8 Å². The summed E-state index contributed by atoms with van der Waals surface area (Å²) in [7, 11) is 1.39. The zero-order valence-electron chi connectivity index (χ0n) is 13.1. The Bertz CT molecular complexity index is 524. The van der Waals surface area contributed by atoms with E-state index in [1.807, 2.05) is 56.0 Å². The standard InChI is InChI=1S/C17H23NO3/c1-12(13-8-6-5-7-9-13)18-11-14(10-15(18)19)17(2,3)16(20)21-4/h5-9,12,14H,10-11H2,1-4H3/t12-,14+/m0/s1. The molecule has 1 aromatic carbocycles. The number of methoxy groups -OCH3 is 1. The minimum atomic E-state index is -0.643. The van der Waals surface area contributed by atoms with Gasteiger partial charge in [0.1, 0.15) is 0 Å². The summed E-state index contributed by atoms with van der Waals surface area (Å²) >= 11 is 0. The van der Waals surface area contributed by atoms with Gasteiger partial charge in [-0.2, -0.15) is 0 Å². The number of likely N-dealkylation sites (tertiary alicyclic amines) is 1. The first-order chi connectivity index (χ1) is 9.87. The molecule has 4 nitrogen and oxygen atoms in total. The Balaban J connectivity index is 2.15. The fraction of sp³-hybridized carbons (Fsp3) is 0.529. The lowest BCUT2D eigenvalue weighted by Gasteiger charge is -2.30. The number of benzene rings is 1. The smallest absolute Gasteiger partial charge is 0.311 e. The number of rotatable bonds is 4. The predicted octanol–water partition coefficient (Wildman–Crippen LogP) is 2.80. The summed E-state index contributed by atoms with van der Waals surface area (Å²) in [4.78, 5) is 26.1. The lowest BCUT2D eigenvalue weighted by atomic mass is 9.78. The van der Waals surface area contributed by atoms with Gasteiger partial charge in [0.2, 0.25) is 5.91 Å². The summed E-state index contributed by atoms with van der Waals surface area (Å²) in [5.74, 6) is -0.161. The van der Waals surface area contributed by atoms with Crippen molar-refractivity contribution in [2.45, 2.75) is 33.2 Å². The summed E-state index contributed by atoms with van der Waals surface area (Å²) in [6, 6.07) is 9.99. The van der Waals surface area contributed by atoms with Crippen molar-refractivity contribution in [3.63, 3.8) is 0 Å². The SMILES string of the molecule is COC(=O)C(C)(C)[C@@H]1CC(=O)N([C@@H](C)c2ccccc2)C1. The molecule has 1 saturated heterocycles. The van der Waals surface area contributed by atoms with Crippen molar-refractivity contribution in [3.05, 3.63) is 35.9 Å². The van der Waals surface area contributed by atoms with Crippen LogP contribution >= 0.6 is 0 Å². The molecular weight excluding hydrogens is 266 g/mol. The zero-order valence-corrected chi connectivity index (χ0v) is 13.1. The van der Waals surface area contributed by atoms with E-state index >= 15 is 0 Å². The lowest BCUT2D eigenvalue weighted by molar-refractivity contribution is -0.153. The molecule has 4 heteroatoms. The molecule has 0 unspecified atom stereocenters. The summed E-state index contributed by atoms with van der Waals surface area (Å²) < 4.78 is 4.87. The zero-order chi connectivity index (χ0) is 15.6. The molecule has 0 radical (unpaired) electrons. The van der Waals surface area contributed by atoms with E-state index in [1.165, 1.54) is 7.11 Å². The number of amides is 1. The van der Waals surface area contributed by atoms with Crippen molar-refractivity contribution in [3.8, 4) is 0 Å². The third-order valence-electron chi connectivity index (χ3n) is 4.64. The van der Waals surface area contributed by atoms with E-state index in [0.717, 1.165) is 5.56 Å². The monoisotopic (exact) mass is 289 g/mol. The molecule has 114 valence electrons. The van der Waals surface area contributed by atoms with Crippen LogP contribution in [0.25, 0.3) is 0 Å². The van der Waals surface area contributed by atoms with Gasteiger partial charge in [-0.15, -0.1) is 0 Å². The number of esters is 1. The Morgan fingerprint density at radius 1 is 1.33 bits per heavy atom. The maximum absolute atomic E-state index is 12.3. The van der Waals surface area contributed by atoms with Gasteiger partial charge in [0.25, 0.3) is 0 Å². The number of nitrogens with zero attached hydrogens (tertiary/aromatic N) is 1. The topological polar surface area (TPSA) is 46.6 Å². The number of carbonyl (C=O) groups is 2. The van der Waals surface area contributed by atoms with Crippen LogP contribution in [0, 0.1) is 11.3 Å². The van der Waals surface area contributed by atoms with Crippen LogP contribution in [-0.4, -0.2) is 30.4 Å². The van der Waals surface area contributed by atoms with Gasteiger partial charge < -0.3 is 9.64 Å². The first-order valence-corrected chi connectivity index (χ1v) is 7.30. The van der Waals surface area contributed by atoms with E-state index in [2.05, 4.69) is 0 Å². The summed E-state index contributed by atoms with van der Waals surface area (Å²) in [5.41, 5.74) is 0.470. The summed E-state index contributed by atoms with van der Waals surface area (Å²) in [5, 5.41) is 0. The molecule has 0 N–H and O–H groups in total. The highest BCUT2D eigenvalue weighted by Crippen LogP contribution is 2.38. The van der Waals surface area contributed by atoms with Crippen molar-refractivity contribution in [2.75, 3.05) is 13.7 Å². The second kappa shape index (κ2) is 5.88. The molecule has 2 rings (SSSR count). The molecular formula is C17H23NO3. The van der Waals surface area contributed by atoms with E-state index in [4.69, 9.17) is 4.74 Å². The minimum absolute atomic E-state index is 0.0105. The Kier molecular flexibility index (Phi) is 4.35. The summed E-state index contributed by atoms with van der Waals surface area (Å²) in [6.45, 7) is 6.33. The molecule has 1 aromatic rings. The van der Waals surface area contributed by atoms with Gasteiger partial charge in [-0.1, -0.05) is 30.3 Å². The molecule has 1 aliphatic heterocycles. The van der Waals surface area contributed by atoms with Crippen LogP contribution in [0.3, 0.4) is 0 Å². The van der Waals surface area contributed by atoms with E-state index in [9.17, 15) is 9.59 Å². The van der Waals surface area contributed by atoms with Crippen molar-refractivity contribution in [2.24, 2.45) is 11.3 Å². The molecule has 0 aliphatic carbocycles. The Morgan fingerprint density at radius 2 is 1.95 bits per heavy atom. The Hall–Kier alpha value is -1.84. The number of hydrogen-bond acceptors (Lipinski definition) is 3. The van der Waals surface area contributed by atoms with Crippen molar-refractivity contribution < 1.29 is 14.3 Å². The van der Waals surface area contributed by atoms with Crippen molar-refractivity contribution in [1.29, 1.82) is 0 Å². The van der Waals surface area contributed by atoms with Gasteiger partial charge >= 0.3 is 5.97 Å². The normalized spacial score (nSPS) is 20.5. The largest absolute Gasteiger partial charge is 0.469 e. The van der Waals surface area contributed by atoms with Gasteiger partial charge in [0.05, 0.1) is 18.6 Å². The first kappa shape index (κ1) is 15.5. The molecule has 0 bridgehead atoms. The highest BCUT2D eigenvalue weighted by molar-refractivity contribution is 5.82. The minimum Gasteiger partial charge on any atom is -0.469 e. The van der Waals surface area contributed by atoms with Crippen LogP contribution in [0.2, 0.25) is 0 Å². The maximum atomic E-state index is 12.3. The van der Waals surface area contributed by atoms with E-state index in [0.29, 0.717) is 13.0 Å². The molecule has 1 fully saturated rings. The fourth-order valence-corrected chi connectivity index (χ4v) is 2.93. The van der Waals surface area contributed by atoms with Crippen LogP contribution < -0.4 is 0 Å². The first-order valence-electron chi connectivity index (χ1n) is 7.30. The second-order valence-electron chi connectivity index (χ2n) is 6.25. The highest BCUT2D eigenvalue weighted by Gasteiger charge is 2.45. The van der Waals surface area contributed by atoms with Crippen LogP contribution in [-0.2, 0) is 14.3 Å². The third kappa shape index (κ3) is 2.94. The maximum Gasteiger partial charge on any atom is 0.311 e. The number of carbonyl (C=O) groups excluding carboxylic acids is 2. The van der Waals surface area contributed by atoms with Crippen LogP contribution in [0.4, 0.5) is 0 Å².